The summed E-state index contributed by atoms with van der Waals surface area (Å²) in [4.78, 5) is 1.58. The molecule has 2 heteroatoms. The monoisotopic (exact) mass is 188 g/mol. The van der Waals surface area contributed by atoms with Crippen LogP contribution in [0, 0.1) is 0 Å². The Morgan fingerprint density at radius 3 is 1.85 bits per heavy atom. The number of hydrogen-bond donors (Lipinski definition) is 1. The Balaban J connectivity index is 3.09. The van der Waals surface area contributed by atoms with Gasteiger partial charge in [0.15, 0.2) is 0 Å². The normalized spacial score (nSPS) is 12.5. The Kier molecular flexibility index (Phi) is 6.35. The smallest absolute Gasteiger partial charge is 0.0780 e. The van der Waals surface area contributed by atoms with Crippen LogP contribution in [0.2, 0.25) is 0 Å². The molecule has 2 nitrogen and oxygen atoms in total. The van der Waals surface area contributed by atoms with E-state index in [4.69, 9.17) is 0 Å². The lowest BCUT2D eigenvalue weighted by molar-refractivity contribution is -0.870. The largest absolute Gasteiger partial charge is 0.340 e. The SMILES string of the molecule is C[NH+](C)CCCCCC[N+](C)(C)C. The highest BCUT2D eigenvalue weighted by molar-refractivity contribution is 4.41. The van der Waals surface area contributed by atoms with E-state index in [2.05, 4.69) is 35.2 Å². The number of unbranched alkanes of at least 4 members (excludes halogenated alkanes) is 3. The molecule has 0 aromatic carbocycles. The van der Waals surface area contributed by atoms with Gasteiger partial charge in [0, 0.05) is 0 Å². The summed E-state index contributed by atoms with van der Waals surface area (Å²) in [5.74, 6) is 0. The van der Waals surface area contributed by atoms with E-state index in [1.807, 2.05) is 0 Å². The molecule has 0 aromatic heterocycles. The third-order valence-electron chi connectivity index (χ3n) is 2.26. The highest BCUT2D eigenvalue weighted by Gasteiger charge is 2.05. The first-order valence-electron chi connectivity index (χ1n) is 5.51. The fourth-order valence-corrected chi connectivity index (χ4v) is 1.42. The van der Waals surface area contributed by atoms with Crippen molar-refractivity contribution in [2.24, 2.45) is 0 Å². The second kappa shape index (κ2) is 6.39. The minimum absolute atomic E-state index is 1.11. The zero-order valence-corrected chi connectivity index (χ0v) is 10.2. The van der Waals surface area contributed by atoms with Crippen LogP contribution in [0.5, 0.6) is 0 Å². The summed E-state index contributed by atoms with van der Waals surface area (Å²) in [6.07, 6.45) is 5.58. The molecule has 0 spiro atoms. The molecule has 80 valence electrons. The molecule has 0 radical (unpaired) electrons. The van der Waals surface area contributed by atoms with E-state index in [-0.39, 0.29) is 0 Å². The first-order valence-corrected chi connectivity index (χ1v) is 5.51. The molecule has 0 atom stereocenters. The summed E-state index contributed by atoms with van der Waals surface area (Å²) in [5, 5.41) is 0. The Labute approximate surface area is 84.1 Å². The lowest BCUT2D eigenvalue weighted by Crippen LogP contribution is -3.05. The maximum Gasteiger partial charge on any atom is 0.0780 e. The van der Waals surface area contributed by atoms with Crippen LogP contribution >= 0.6 is 0 Å². The van der Waals surface area contributed by atoms with E-state index in [1.54, 1.807) is 4.90 Å². The van der Waals surface area contributed by atoms with Gasteiger partial charge in [0.05, 0.1) is 48.3 Å². The molecule has 0 rings (SSSR count). The van der Waals surface area contributed by atoms with Crippen LogP contribution in [0.1, 0.15) is 25.7 Å². The van der Waals surface area contributed by atoms with Crippen LogP contribution in [-0.2, 0) is 0 Å². The van der Waals surface area contributed by atoms with E-state index in [9.17, 15) is 0 Å². The summed E-state index contributed by atoms with van der Waals surface area (Å²) in [6, 6.07) is 0. The van der Waals surface area contributed by atoms with Crippen molar-refractivity contribution in [1.82, 2.24) is 0 Å². The fraction of sp³-hybridized carbons (Fsp3) is 1.00. The molecule has 0 fully saturated rings. The summed E-state index contributed by atoms with van der Waals surface area (Å²) >= 11 is 0. The molecule has 0 unspecified atom stereocenters. The molecule has 0 heterocycles. The highest BCUT2D eigenvalue weighted by Crippen LogP contribution is 2.01. The molecule has 0 amide bonds. The van der Waals surface area contributed by atoms with E-state index in [0.29, 0.717) is 0 Å². The zero-order valence-electron chi connectivity index (χ0n) is 10.2. The van der Waals surface area contributed by atoms with Gasteiger partial charge in [0.1, 0.15) is 0 Å². The molecule has 13 heavy (non-hydrogen) atoms. The van der Waals surface area contributed by atoms with Crippen molar-refractivity contribution < 1.29 is 9.38 Å². The predicted octanol–water partition coefficient (Wildman–Crippen LogP) is 0.398. The van der Waals surface area contributed by atoms with Crippen LogP contribution in [0.4, 0.5) is 0 Å². The van der Waals surface area contributed by atoms with Gasteiger partial charge in [-0.15, -0.1) is 0 Å². The first-order chi connectivity index (χ1) is 5.92. The quantitative estimate of drug-likeness (QED) is 0.436. The van der Waals surface area contributed by atoms with Gasteiger partial charge in [-0.05, 0) is 25.7 Å². The third-order valence-corrected chi connectivity index (χ3v) is 2.26. The maximum atomic E-state index is 2.27. The van der Waals surface area contributed by atoms with Crippen molar-refractivity contribution >= 4 is 0 Å². The van der Waals surface area contributed by atoms with Gasteiger partial charge in [-0.3, -0.25) is 0 Å². The predicted molar refractivity (Wildman–Crippen MR) is 59.0 cm³/mol. The van der Waals surface area contributed by atoms with Crippen molar-refractivity contribution in [3.63, 3.8) is 0 Å². The fourth-order valence-electron chi connectivity index (χ4n) is 1.42. The summed E-state index contributed by atoms with van der Waals surface area (Å²) in [5.41, 5.74) is 0. The van der Waals surface area contributed by atoms with Crippen molar-refractivity contribution in [3.8, 4) is 0 Å². The summed E-state index contributed by atoms with van der Waals surface area (Å²) in [6.45, 7) is 2.64. The van der Waals surface area contributed by atoms with Gasteiger partial charge in [-0.1, -0.05) is 0 Å². The van der Waals surface area contributed by atoms with Gasteiger partial charge in [0.25, 0.3) is 0 Å². The second-order valence-corrected chi connectivity index (χ2v) is 5.39. The van der Waals surface area contributed by atoms with E-state index >= 15 is 0 Å². The minimum atomic E-state index is 1.11. The van der Waals surface area contributed by atoms with Crippen molar-refractivity contribution in [2.45, 2.75) is 25.7 Å². The Morgan fingerprint density at radius 2 is 1.38 bits per heavy atom. The topological polar surface area (TPSA) is 4.44 Å². The van der Waals surface area contributed by atoms with Gasteiger partial charge >= 0.3 is 0 Å². The van der Waals surface area contributed by atoms with Gasteiger partial charge < -0.3 is 9.38 Å². The summed E-state index contributed by atoms with van der Waals surface area (Å²) in [7, 11) is 11.3. The average Bonchev–Trinajstić information content (AvgIpc) is 1.93. The number of nitrogens with zero attached hydrogens (tertiary/aromatic N) is 1. The van der Waals surface area contributed by atoms with E-state index in [1.165, 1.54) is 38.8 Å². The van der Waals surface area contributed by atoms with Gasteiger partial charge in [0.2, 0.25) is 0 Å². The number of quaternary nitrogens is 2. The second-order valence-electron chi connectivity index (χ2n) is 5.39. The molecular formula is C11H28N2+2. The molecule has 1 N–H and O–H groups in total. The van der Waals surface area contributed by atoms with Crippen molar-refractivity contribution in [3.05, 3.63) is 0 Å². The molecule has 0 aliphatic rings. The number of nitrogens with one attached hydrogen (secondary N) is 1. The lowest BCUT2D eigenvalue weighted by atomic mass is 10.2. The van der Waals surface area contributed by atoms with Crippen LogP contribution in [-0.4, -0.2) is 52.8 Å². The highest BCUT2D eigenvalue weighted by atomic mass is 15.3. The van der Waals surface area contributed by atoms with Crippen LogP contribution < -0.4 is 4.90 Å². The first kappa shape index (κ1) is 12.9. The average molecular weight is 188 g/mol. The standard InChI is InChI=1S/C11H27N2/c1-12(2)10-8-6-7-9-11-13(3,4)5/h6-11H2,1-5H3/q+1/p+1. The molecule has 0 aliphatic heterocycles. The molecule has 0 saturated carbocycles. The molecule has 0 bridgehead atoms. The summed E-state index contributed by atoms with van der Waals surface area (Å²) < 4.78 is 1.11. The minimum Gasteiger partial charge on any atom is -0.340 e. The lowest BCUT2D eigenvalue weighted by Gasteiger charge is -2.23. The number of hydrogen-bond acceptors (Lipinski definition) is 0. The number of rotatable bonds is 7. The third kappa shape index (κ3) is 11.9. The van der Waals surface area contributed by atoms with Crippen molar-refractivity contribution in [1.29, 1.82) is 0 Å². The van der Waals surface area contributed by atoms with Gasteiger partial charge in [-0.25, -0.2) is 0 Å². The maximum absolute atomic E-state index is 2.27. The van der Waals surface area contributed by atoms with Crippen molar-refractivity contribution in [2.75, 3.05) is 48.3 Å². The van der Waals surface area contributed by atoms with E-state index in [0.717, 1.165) is 4.48 Å². The van der Waals surface area contributed by atoms with Crippen LogP contribution in [0.15, 0.2) is 0 Å². The molecule has 0 aromatic rings. The Hall–Kier alpha value is -0.0800. The molecule has 0 saturated heterocycles. The Morgan fingerprint density at radius 1 is 0.846 bits per heavy atom. The van der Waals surface area contributed by atoms with Gasteiger partial charge in [-0.2, -0.15) is 0 Å². The Bertz CT molecular complexity index is 114. The zero-order chi connectivity index (χ0) is 10.3. The molecular weight excluding hydrogens is 160 g/mol. The molecule has 0 aliphatic carbocycles. The van der Waals surface area contributed by atoms with E-state index < -0.39 is 0 Å². The van der Waals surface area contributed by atoms with Crippen LogP contribution in [0.3, 0.4) is 0 Å². The van der Waals surface area contributed by atoms with Crippen LogP contribution in [0.25, 0.3) is 0 Å².